The van der Waals surface area contributed by atoms with Gasteiger partial charge in [0, 0.05) is 29.9 Å². The van der Waals surface area contributed by atoms with Crippen molar-refractivity contribution in [3.8, 4) is 5.88 Å². The van der Waals surface area contributed by atoms with E-state index in [1.807, 2.05) is 32.0 Å². The molecule has 1 unspecified atom stereocenters. The van der Waals surface area contributed by atoms with Crippen LogP contribution >= 0.6 is 0 Å². The lowest BCUT2D eigenvalue weighted by Crippen LogP contribution is -2.17. The van der Waals surface area contributed by atoms with Crippen molar-refractivity contribution in [2.75, 3.05) is 18.5 Å². The molecule has 23 heavy (non-hydrogen) atoms. The van der Waals surface area contributed by atoms with Gasteiger partial charge in [-0.2, -0.15) is 0 Å². The molecule has 2 heterocycles. The van der Waals surface area contributed by atoms with Crippen LogP contribution in [0.5, 0.6) is 5.88 Å². The molecule has 120 valence electrons. The first-order valence-electron chi connectivity index (χ1n) is 7.71. The van der Waals surface area contributed by atoms with Crippen LogP contribution in [0.15, 0.2) is 36.5 Å². The number of hydrogen-bond donors (Lipinski definition) is 1. The molecule has 3 rings (SSSR count). The Kier molecular flexibility index (Phi) is 4.57. The van der Waals surface area contributed by atoms with Crippen LogP contribution in [0.2, 0.25) is 0 Å². The van der Waals surface area contributed by atoms with Crippen LogP contribution in [0, 0.1) is 13.8 Å². The molecular weight excluding hydrogens is 292 g/mol. The van der Waals surface area contributed by atoms with Crippen molar-refractivity contribution in [1.29, 1.82) is 0 Å². The Bertz CT molecular complexity index is 709. The number of ether oxygens (including phenoxy) is 2. The predicted molar refractivity (Wildman–Crippen MR) is 88.0 cm³/mol. The fourth-order valence-corrected chi connectivity index (χ4v) is 2.41. The third-order valence-corrected chi connectivity index (χ3v) is 3.94. The number of benzene rings is 1. The van der Waals surface area contributed by atoms with Crippen LogP contribution in [-0.2, 0) is 4.74 Å². The zero-order valence-electron chi connectivity index (χ0n) is 13.3. The molecule has 1 amide bonds. The molecule has 0 saturated carbocycles. The Balaban J connectivity index is 1.70. The summed E-state index contributed by atoms with van der Waals surface area (Å²) in [5.74, 6) is 0.274. The highest BCUT2D eigenvalue weighted by molar-refractivity contribution is 6.04. The first-order valence-corrected chi connectivity index (χ1v) is 7.71. The average Bonchev–Trinajstić information content (AvgIpc) is 3.04. The largest absolute Gasteiger partial charge is 0.472 e. The summed E-state index contributed by atoms with van der Waals surface area (Å²) in [5.41, 5.74) is 3.64. The van der Waals surface area contributed by atoms with E-state index in [-0.39, 0.29) is 12.0 Å². The predicted octanol–water partition coefficient (Wildman–Crippen LogP) is 3.12. The molecule has 1 atom stereocenters. The van der Waals surface area contributed by atoms with E-state index in [1.54, 1.807) is 18.3 Å². The lowest BCUT2D eigenvalue weighted by atomic mass is 10.1. The second-order valence-corrected chi connectivity index (χ2v) is 5.74. The maximum atomic E-state index is 12.4. The molecule has 5 nitrogen and oxygen atoms in total. The molecule has 0 aliphatic carbocycles. The minimum Gasteiger partial charge on any atom is -0.472 e. The van der Waals surface area contributed by atoms with E-state index < -0.39 is 0 Å². The molecule has 1 saturated heterocycles. The summed E-state index contributed by atoms with van der Waals surface area (Å²) in [5, 5.41) is 2.90. The van der Waals surface area contributed by atoms with Crippen molar-refractivity contribution < 1.29 is 14.3 Å². The van der Waals surface area contributed by atoms with Crippen LogP contribution < -0.4 is 10.1 Å². The van der Waals surface area contributed by atoms with Gasteiger partial charge in [-0.3, -0.25) is 4.79 Å². The average molecular weight is 312 g/mol. The number of pyridine rings is 1. The summed E-state index contributed by atoms with van der Waals surface area (Å²) in [6, 6.07) is 9.19. The Morgan fingerprint density at radius 2 is 2.13 bits per heavy atom. The Morgan fingerprint density at radius 1 is 1.26 bits per heavy atom. The van der Waals surface area contributed by atoms with Gasteiger partial charge in [-0.1, -0.05) is 6.07 Å². The molecule has 1 N–H and O–H groups in total. The first kappa shape index (κ1) is 15.5. The number of amides is 1. The van der Waals surface area contributed by atoms with Crippen LogP contribution in [0.1, 0.15) is 27.9 Å². The summed E-state index contributed by atoms with van der Waals surface area (Å²) in [7, 11) is 0. The van der Waals surface area contributed by atoms with Crippen molar-refractivity contribution in [2.45, 2.75) is 26.4 Å². The zero-order valence-corrected chi connectivity index (χ0v) is 13.3. The molecule has 0 spiro atoms. The Labute approximate surface area is 135 Å². The van der Waals surface area contributed by atoms with Gasteiger partial charge < -0.3 is 14.8 Å². The van der Waals surface area contributed by atoms with Crippen LogP contribution in [0.25, 0.3) is 0 Å². The number of hydrogen-bond acceptors (Lipinski definition) is 4. The molecule has 0 bridgehead atoms. The molecule has 1 aliphatic heterocycles. The lowest BCUT2D eigenvalue weighted by Gasteiger charge is -2.12. The normalized spacial score (nSPS) is 17.0. The Morgan fingerprint density at radius 3 is 2.87 bits per heavy atom. The van der Waals surface area contributed by atoms with Gasteiger partial charge in [0.15, 0.2) is 0 Å². The highest BCUT2D eigenvalue weighted by Gasteiger charge is 2.18. The van der Waals surface area contributed by atoms with E-state index in [0.717, 1.165) is 17.7 Å². The van der Waals surface area contributed by atoms with Crippen molar-refractivity contribution in [2.24, 2.45) is 0 Å². The van der Waals surface area contributed by atoms with E-state index in [9.17, 15) is 4.79 Å². The highest BCUT2D eigenvalue weighted by atomic mass is 16.5. The summed E-state index contributed by atoms with van der Waals surface area (Å²) in [4.78, 5) is 16.5. The smallest absolute Gasteiger partial charge is 0.255 e. The van der Waals surface area contributed by atoms with Gasteiger partial charge in [0.05, 0.1) is 13.2 Å². The van der Waals surface area contributed by atoms with Crippen LogP contribution in [0.3, 0.4) is 0 Å². The third kappa shape index (κ3) is 3.87. The number of anilines is 1. The molecule has 2 aromatic rings. The number of nitrogens with one attached hydrogen (secondary N) is 1. The van der Waals surface area contributed by atoms with Gasteiger partial charge in [0.1, 0.15) is 6.10 Å². The molecule has 1 aromatic carbocycles. The first-order chi connectivity index (χ1) is 11.1. The standard InChI is InChI=1S/C18H20N2O3/c1-12-3-4-15(9-13(12)2)20-18(21)14-5-7-19-17(10-14)23-16-6-8-22-11-16/h3-5,7,9-10,16H,6,8,11H2,1-2H3,(H,20,21). The van der Waals surface area contributed by atoms with Crippen molar-refractivity contribution in [3.05, 3.63) is 53.2 Å². The fraction of sp³-hybridized carbons (Fsp3) is 0.333. The van der Waals surface area contributed by atoms with Gasteiger partial charge in [-0.25, -0.2) is 4.98 Å². The second kappa shape index (κ2) is 6.79. The van der Waals surface area contributed by atoms with E-state index in [0.29, 0.717) is 24.7 Å². The number of nitrogens with zero attached hydrogens (tertiary/aromatic N) is 1. The monoisotopic (exact) mass is 312 g/mol. The minimum absolute atomic E-state index is 0.0144. The summed E-state index contributed by atoms with van der Waals surface area (Å²) in [6.07, 6.45) is 2.45. The Hall–Kier alpha value is -2.40. The molecule has 0 radical (unpaired) electrons. The maximum Gasteiger partial charge on any atom is 0.255 e. The van der Waals surface area contributed by atoms with Crippen LogP contribution in [0.4, 0.5) is 5.69 Å². The van der Waals surface area contributed by atoms with E-state index in [2.05, 4.69) is 10.3 Å². The molecular formula is C18H20N2O3. The number of aromatic nitrogens is 1. The van der Waals surface area contributed by atoms with Gasteiger partial charge in [0.2, 0.25) is 5.88 Å². The minimum atomic E-state index is -0.178. The number of carbonyl (C=O) groups is 1. The summed E-state index contributed by atoms with van der Waals surface area (Å²) >= 11 is 0. The van der Waals surface area contributed by atoms with Gasteiger partial charge in [0.25, 0.3) is 5.91 Å². The quantitative estimate of drug-likeness (QED) is 0.942. The fourth-order valence-electron chi connectivity index (χ4n) is 2.41. The van der Waals surface area contributed by atoms with Crippen molar-refractivity contribution >= 4 is 11.6 Å². The topological polar surface area (TPSA) is 60.5 Å². The highest BCUT2D eigenvalue weighted by Crippen LogP contribution is 2.18. The van der Waals surface area contributed by atoms with E-state index >= 15 is 0 Å². The number of rotatable bonds is 4. The molecule has 1 aliphatic rings. The van der Waals surface area contributed by atoms with Crippen LogP contribution in [-0.4, -0.2) is 30.2 Å². The molecule has 5 heteroatoms. The maximum absolute atomic E-state index is 12.4. The second-order valence-electron chi connectivity index (χ2n) is 5.74. The van der Waals surface area contributed by atoms with Gasteiger partial charge in [-0.15, -0.1) is 0 Å². The zero-order chi connectivity index (χ0) is 16.2. The lowest BCUT2D eigenvalue weighted by molar-refractivity contribution is 0.102. The molecule has 1 aromatic heterocycles. The van der Waals surface area contributed by atoms with E-state index in [4.69, 9.17) is 9.47 Å². The number of aryl methyl sites for hydroxylation is 2. The van der Waals surface area contributed by atoms with Crippen molar-refractivity contribution in [3.63, 3.8) is 0 Å². The van der Waals surface area contributed by atoms with Crippen molar-refractivity contribution in [1.82, 2.24) is 4.98 Å². The summed E-state index contributed by atoms with van der Waals surface area (Å²) in [6.45, 7) is 5.34. The number of carbonyl (C=O) groups excluding carboxylic acids is 1. The third-order valence-electron chi connectivity index (χ3n) is 3.94. The van der Waals surface area contributed by atoms with Gasteiger partial charge in [-0.05, 0) is 43.2 Å². The SMILES string of the molecule is Cc1ccc(NC(=O)c2ccnc(OC3CCOC3)c2)cc1C. The summed E-state index contributed by atoms with van der Waals surface area (Å²) < 4.78 is 11.0. The van der Waals surface area contributed by atoms with E-state index in [1.165, 1.54) is 5.56 Å². The van der Waals surface area contributed by atoms with Gasteiger partial charge >= 0.3 is 0 Å². The molecule has 1 fully saturated rings.